The number of sulfonamides is 1. The fourth-order valence-electron chi connectivity index (χ4n) is 3.53. The number of hydrogen-bond donors (Lipinski definition) is 1. The third kappa shape index (κ3) is 3.77. The largest absolute Gasteiger partial charge is 0.495 e. The molecule has 0 atom stereocenters. The molecule has 3 rings (SSSR count). The van der Waals surface area contributed by atoms with Gasteiger partial charge in [-0.3, -0.25) is 4.79 Å². The average molecular weight is 403 g/mol. The van der Waals surface area contributed by atoms with Crippen molar-refractivity contribution in [3.8, 4) is 5.75 Å². The van der Waals surface area contributed by atoms with E-state index >= 15 is 0 Å². The van der Waals surface area contributed by atoms with Gasteiger partial charge in [0.2, 0.25) is 10.0 Å². The van der Waals surface area contributed by atoms with Gasteiger partial charge in [-0.15, -0.1) is 0 Å². The number of amides is 1. The second kappa shape index (κ2) is 7.93. The molecule has 28 heavy (non-hydrogen) atoms. The minimum Gasteiger partial charge on any atom is -0.495 e. The molecular weight excluding hydrogens is 376 g/mol. The highest BCUT2D eigenvalue weighted by molar-refractivity contribution is 7.89. The summed E-state index contributed by atoms with van der Waals surface area (Å²) in [5.41, 5.74) is 1.48. The van der Waals surface area contributed by atoms with Gasteiger partial charge in [-0.25, -0.2) is 12.7 Å². The van der Waals surface area contributed by atoms with Gasteiger partial charge in [0.1, 0.15) is 10.6 Å². The zero-order chi connectivity index (χ0) is 20.4. The molecule has 0 saturated heterocycles. The summed E-state index contributed by atoms with van der Waals surface area (Å²) in [4.78, 5) is 12.7. The minimum absolute atomic E-state index is 0.0194. The van der Waals surface area contributed by atoms with E-state index in [-0.39, 0.29) is 22.0 Å². The third-order valence-corrected chi connectivity index (χ3v) is 7.30. The van der Waals surface area contributed by atoms with E-state index in [1.165, 1.54) is 38.9 Å². The van der Waals surface area contributed by atoms with Crippen molar-refractivity contribution in [3.05, 3.63) is 59.7 Å². The molecule has 1 aliphatic carbocycles. The Hall–Kier alpha value is -2.38. The van der Waals surface area contributed by atoms with Gasteiger partial charge in [0, 0.05) is 31.6 Å². The standard InChI is InChI=1S/C21H26N2O4S/c1-23(2)28(25,26)19-14-16(10-11-18(19)27-3)20(24)22-15-21(12-7-13-21)17-8-5-4-6-9-17/h4-6,8-11,14H,7,12-13,15H2,1-3H3,(H,22,24). The number of ether oxygens (including phenoxy) is 1. The number of nitrogens with one attached hydrogen (secondary N) is 1. The van der Waals surface area contributed by atoms with Crippen molar-refractivity contribution < 1.29 is 17.9 Å². The molecule has 1 amide bonds. The maximum Gasteiger partial charge on any atom is 0.251 e. The molecule has 0 aromatic heterocycles. The molecule has 0 heterocycles. The molecule has 0 bridgehead atoms. The molecule has 2 aromatic rings. The number of carbonyl (C=O) groups excluding carboxylic acids is 1. The van der Waals surface area contributed by atoms with Gasteiger partial charge in [0.05, 0.1) is 7.11 Å². The summed E-state index contributed by atoms with van der Waals surface area (Å²) in [6.45, 7) is 0.525. The highest BCUT2D eigenvalue weighted by Crippen LogP contribution is 2.43. The first kappa shape index (κ1) is 20.4. The SMILES string of the molecule is COc1ccc(C(=O)NCC2(c3ccccc3)CCC2)cc1S(=O)(=O)N(C)C. The highest BCUT2D eigenvalue weighted by atomic mass is 32.2. The van der Waals surface area contributed by atoms with E-state index < -0.39 is 10.0 Å². The molecule has 0 aliphatic heterocycles. The number of hydrogen-bond acceptors (Lipinski definition) is 4. The molecule has 150 valence electrons. The smallest absolute Gasteiger partial charge is 0.251 e. The third-order valence-electron chi connectivity index (χ3n) is 5.47. The molecule has 0 spiro atoms. The van der Waals surface area contributed by atoms with Crippen LogP contribution < -0.4 is 10.1 Å². The fraction of sp³-hybridized carbons (Fsp3) is 0.381. The van der Waals surface area contributed by atoms with Crippen molar-refractivity contribution in [2.75, 3.05) is 27.7 Å². The van der Waals surface area contributed by atoms with Gasteiger partial charge in [-0.2, -0.15) is 0 Å². The van der Waals surface area contributed by atoms with Crippen LogP contribution in [0.15, 0.2) is 53.4 Å². The van der Waals surface area contributed by atoms with E-state index in [1.807, 2.05) is 18.2 Å². The Morgan fingerprint density at radius 2 is 1.82 bits per heavy atom. The van der Waals surface area contributed by atoms with Crippen molar-refractivity contribution in [3.63, 3.8) is 0 Å². The Kier molecular flexibility index (Phi) is 5.76. The van der Waals surface area contributed by atoms with Gasteiger partial charge >= 0.3 is 0 Å². The Morgan fingerprint density at radius 1 is 1.14 bits per heavy atom. The molecule has 2 aromatic carbocycles. The van der Waals surface area contributed by atoms with Gasteiger partial charge in [0.25, 0.3) is 5.91 Å². The second-order valence-corrected chi connectivity index (χ2v) is 9.46. The van der Waals surface area contributed by atoms with Crippen LogP contribution in [0.4, 0.5) is 0 Å². The Morgan fingerprint density at radius 3 is 2.36 bits per heavy atom. The van der Waals surface area contributed by atoms with E-state index in [0.717, 1.165) is 23.6 Å². The van der Waals surface area contributed by atoms with E-state index in [1.54, 1.807) is 6.07 Å². The molecule has 0 unspecified atom stereocenters. The van der Waals surface area contributed by atoms with Gasteiger partial charge in [0.15, 0.2) is 0 Å². The van der Waals surface area contributed by atoms with E-state index in [2.05, 4.69) is 17.4 Å². The molecule has 0 radical (unpaired) electrons. The zero-order valence-electron chi connectivity index (χ0n) is 16.4. The topological polar surface area (TPSA) is 75.7 Å². The molecule has 7 heteroatoms. The summed E-state index contributed by atoms with van der Waals surface area (Å²) in [5.74, 6) is -0.0786. The lowest BCUT2D eigenvalue weighted by Crippen LogP contribution is -2.45. The zero-order valence-corrected chi connectivity index (χ0v) is 17.3. The fourth-order valence-corrected chi connectivity index (χ4v) is 4.61. The van der Waals surface area contributed by atoms with E-state index in [9.17, 15) is 13.2 Å². The van der Waals surface area contributed by atoms with Crippen molar-refractivity contribution in [2.24, 2.45) is 0 Å². The first-order chi connectivity index (χ1) is 13.3. The Bertz CT molecular complexity index is 952. The summed E-state index contributed by atoms with van der Waals surface area (Å²) >= 11 is 0. The summed E-state index contributed by atoms with van der Waals surface area (Å²) in [7, 11) is 0.572. The Labute approximate surface area is 166 Å². The van der Waals surface area contributed by atoms with E-state index in [4.69, 9.17) is 4.74 Å². The van der Waals surface area contributed by atoms with Crippen molar-refractivity contribution >= 4 is 15.9 Å². The number of benzene rings is 2. The molecule has 1 saturated carbocycles. The van der Waals surface area contributed by atoms with Crippen LogP contribution in [0.1, 0.15) is 35.2 Å². The maximum atomic E-state index is 12.8. The Balaban J connectivity index is 1.82. The van der Waals surface area contributed by atoms with Crippen LogP contribution in [-0.2, 0) is 15.4 Å². The summed E-state index contributed by atoms with van der Waals surface area (Å²) in [6, 6.07) is 14.7. The van der Waals surface area contributed by atoms with Crippen LogP contribution in [-0.4, -0.2) is 46.4 Å². The van der Waals surface area contributed by atoms with Crippen LogP contribution in [0.3, 0.4) is 0 Å². The van der Waals surface area contributed by atoms with Gasteiger partial charge in [-0.05, 0) is 36.6 Å². The molecule has 6 nitrogen and oxygen atoms in total. The summed E-state index contributed by atoms with van der Waals surface area (Å²) in [6.07, 6.45) is 3.19. The first-order valence-electron chi connectivity index (χ1n) is 9.24. The second-order valence-electron chi connectivity index (χ2n) is 7.34. The van der Waals surface area contributed by atoms with Gasteiger partial charge in [-0.1, -0.05) is 36.8 Å². The van der Waals surface area contributed by atoms with E-state index in [0.29, 0.717) is 12.1 Å². The van der Waals surface area contributed by atoms with Crippen molar-refractivity contribution in [2.45, 2.75) is 29.6 Å². The van der Waals surface area contributed by atoms with Crippen LogP contribution in [0, 0.1) is 0 Å². The number of nitrogens with zero attached hydrogens (tertiary/aromatic N) is 1. The molecular formula is C21H26N2O4S. The summed E-state index contributed by atoms with van der Waals surface area (Å²) in [5, 5.41) is 3.00. The van der Waals surface area contributed by atoms with Crippen LogP contribution in [0.25, 0.3) is 0 Å². The molecule has 1 fully saturated rings. The van der Waals surface area contributed by atoms with Crippen LogP contribution >= 0.6 is 0 Å². The maximum absolute atomic E-state index is 12.8. The quantitative estimate of drug-likeness (QED) is 0.773. The lowest BCUT2D eigenvalue weighted by Gasteiger charge is -2.42. The lowest BCUT2D eigenvalue weighted by molar-refractivity contribution is 0.0927. The first-order valence-corrected chi connectivity index (χ1v) is 10.7. The normalized spacial score (nSPS) is 15.7. The van der Waals surface area contributed by atoms with Crippen LogP contribution in [0.2, 0.25) is 0 Å². The minimum atomic E-state index is -3.73. The van der Waals surface area contributed by atoms with Crippen molar-refractivity contribution in [1.29, 1.82) is 0 Å². The number of rotatable bonds is 7. The molecule has 1 N–H and O–H groups in total. The summed E-state index contributed by atoms with van der Waals surface area (Å²) < 4.78 is 31.4. The predicted octanol–water partition coefficient (Wildman–Crippen LogP) is 2.80. The highest BCUT2D eigenvalue weighted by Gasteiger charge is 2.38. The number of methoxy groups -OCH3 is 1. The monoisotopic (exact) mass is 402 g/mol. The lowest BCUT2D eigenvalue weighted by atomic mass is 9.64. The number of carbonyl (C=O) groups is 1. The van der Waals surface area contributed by atoms with Gasteiger partial charge < -0.3 is 10.1 Å². The van der Waals surface area contributed by atoms with Crippen molar-refractivity contribution in [1.82, 2.24) is 9.62 Å². The average Bonchev–Trinajstić information content (AvgIpc) is 2.67. The van der Waals surface area contributed by atoms with Crippen LogP contribution in [0.5, 0.6) is 5.75 Å². The molecule has 1 aliphatic rings. The predicted molar refractivity (Wildman–Crippen MR) is 108 cm³/mol.